The van der Waals surface area contributed by atoms with Gasteiger partial charge in [-0.05, 0) is 18.2 Å². The molecule has 1 aromatic rings. The number of rotatable bonds is 5. The fourth-order valence-corrected chi connectivity index (χ4v) is 1.47. The van der Waals surface area contributed by atoms with Crippen molar-refractivity contribution in [3.8, 4) is 5.75 Å². The van der Waals surface area contributed by atoms with Crippen LogP contribution in [0.2, 0.25) is 0 Å². The van der Waals surface area contributed by atoms with Crippen molar-refractivity contribution in [2.75, 3.05) is 7.11 Å². The molecule has 0 aromatic heterocycles. The predicted octanol–water partition coefficient (Wildman–Crippen LogP) is 2.16. The second kappa shape index (κ2) is 5.73. The zero-order valence-electron chi connectivity index (χ0n) is 10.1. The highest BCUT2D eigenvalue weighted by Gasteiger charge is 2.31. The molecule has 0 aliphatic heterocycles. The maximum absolute atomic E-state index is 12.6. The molecule has 0 aliphatic rings. The van der Waals surface area contributed by atoms with Gasteiger partial charge in [-0.25, -0.2) is 0 Å². The predicted molar refractivity (Wildman–Crippen MR) is 60.8 cm³/mol. The minimum Gasteiger partial charge on any atom is -0.496 e. The van der Waals surface area contributed by atoms with Gasteiger partial charge in [-0.2, -0.15) is 13.2 Å². The second-order valence-corrected chi connectivity index (χ2v) is 3.80. The first-order chi connectivity index (χ1) is 8.75. The summed E-state index contributed by atoms with van der Waals surface area (Å²) in [6.07, 6.45) is -5.03. The maximum atomic E-state index is 12.6. The zero-order chi connectivity index (χ0) is 14.6. The monoisotopic (exact) mass is 275 g/mol. The number of alkyl halides is 3. The van der Waals surface area contributed by atoms with Crippen LogP contribution in [0.4, 0.5) is 13.2 Å². The van der Waals surface area contributed by atoms with Crippen LogP contribution in [0.3, 0.4) is 0 Å². The number of Topliss-reactive ketones (excluding diaryl/α,β-unsaturated/α-hetero) is 1. The highest BCUT2D eigenvalue weighted by molar-refractivity contribution is 6.00. The van der Waals surface area contributed by atoms with Crippen LogP contribution in [0.1, 0.15) is 28.8 Å². The Kier molecular flexibility index (Phi) is 4.52. The van der Waals surface area contributed by atoms with Crippen LogP contribution in [0.25, 0.3) is 0 Å². The molecule has 19 heavy (non-hydrogen) atoms. The molecule has 1 aromatic carbocycles. The molecular weight excluding hydrogens is 263 g/mol. The number of hydrogen-bond acceptors (Lipinski definition) is 3. The highest BCUT2D eigenvalue weighted by atomic mass is 19.4. The van der Waals surface area contributed by atoms with Gasteiger partial charge < -0.3 is 10.5 Å². The maximum Gasteiger partial charge on any atom is 0.416 e. The summed E-state index contributed by atoms with van der Waals surface area (Å²) in [7, 11) is 1.24. The Morgan fingerprint density at radius 2 is 1.89 bits per heavy atom. The van der Waals surface area contributed by atoms with E-state index in [4.69, 9.17) is 10.5 Å². The Balaban J connectivity index is 3.09. The molecule has 2 N–H and O–H groups in total. The molecule has 0 bridgehead atoms. The zero-order valence-corrected chi connectivity index (χ0v) is 10.1. The Labute approximate surface area is 107 Å². The lowest BCUT2D eigenvalue weighted by molar-refractivity contribution is -0.137. The summed E-state index contributed by atoms with van der Waals surface area (Å²) in [6.45, 7) is 0. The Bertz CT molecular complexity index is 497. The number of ketones is 1. The standard InChI is InChI=1S/C12H12F3NO3/c1-19-10-4-2-7(12(13,14)15)6-8(10)9(17)3-5-11(16)18/h2,4,6H,3,5H2,1H3,(H2,16,18). The van der Waals surface area contributed by atoms with Crippen LogP contribution in [0.5, 0.6) is 5.75 Å². The quantitative estimate of drug-likeness (QED) is 0.837. The van der Waals surface area contributed by atoms with Crippen molar-refractivity contribution in [3.05, 3.63) is 29.3 Å². The molecule has 0 aliphatic carbocycles. The first-order valence-corrected chi connectivity index (χ1v) is 5.32. The molecule has 0 heterocycles. The van der Waals surface area contributed by atoms with E-state index in [1.54, 1.807) is 0 Å². The molecule has 104 valence electrons. The first kappa shape index (κ1) is 15.0. The number of hydrogen-bond donors (Lipinski definition) is 1. The van der Waals surface area contributed by atoms with Gasteiger partial charge in [0.15, 0.2) is 5.78 Å². The van der Waals surface area contributed by atoms with Gasteiger partial charge in [-0.1, -0.05) is 0 Å². The van der Waals surface area contributed by atoms with Crippen molar-refractivity contribution in [1.29, 1.82) is 0 Å². The van der Waals surface area contributed by atoms with E-state index in [0.29, 0.717) is 6.07 Å². The van der Waals surface area contributed by atoms with Gasteiger partial charge in [-0.3, -0.25) is 9.59 Å². The van der Waals surface area contributed by atoms with Crippen molar-refractivity contribution in [1.82, 2.24) is 0 Å². The molecule has 0 radical (unpaired) electrons. The van der Waals surface area contributed by atoms with E-state index in [-0.39, 0.29) is 24.2 Å². The fraction of sp³-hybridized carbons (Fsp3) is 0.333. The summed E-state index contributed by atoms with van der Waals surface area (Å²) < 4.78 is 42.5. The van der Waals surface area contributed by atoms with Crippen molar-refractivity contribution in [2.24, 2.45) is 5.73 Å². The van der Waals surface area contributed by atoms with E-state index in [1.807, 2.05) is 0 Å². The number of carbonyl (C=O) groups excluding carboxylic acids is 2. The smallest absolute Gasteiger partial charge is 0.416 e. The molecular formula is C12H12F3NO3. The van der Waals surface area contributed by atoms with Crippen molar-refractivity contribution < 1.29 is 27.5 Å². The van der Waals surface area contributed by atoms with Crippen LogP contribution in [-0.4, -0.2) is 18.8 Å². The highest BCUT2D eigenvalue weighted by Crippen LogP contribution is 2.33. The Morgan fingerprint density at radius 3 is 2.37 bits per heavy atom. The average molecular weight is 275 g/mol. The van der Waals surface area contributed by atoms with Crippen LogP contribution >= 0.6 is 0 Å². The topological polar surface area (TPSA) is 69.4 Å². The number of benzene rings is 1. The number of halogens is 3. The lowest BCUT2D eigenvalue weighted by atomic mass is 10.0. The molecule has 0 fully saturated rings. The molecule has 0 unspecified atom stereocenters. The van der Waals surface area contributed by atoms with Gasteiger partial charge in [0.1, 0.15) is 5.75 Å². The normalized spacial score (nSPS) is 11.2. The van der Waals surface area contributed by atoms with E-state index >= 15 is 0 Å². The van der Waals surface area contributed by atoms with Gasteiger partial charge in [0, 0.05) is 12.8 Å². The largest absolute Gasteiger partial charge is 0.496 e. The van der Waals surface area contributed by atoms with E-state index < -0.39 is 23.4 Å². The van der Waals surface area contributed by atoms with Crippen LogP contribution in [0.15, 0.2) is 18.2 Å². The molecule has 0 saturated heterocycles. The van der Waals surface area contributed by atoms with Crippen molar-refractivity contribution in [2.45, 2.75) is 19.0 Å². The van der Waals surface area contributed by atoms with E-state index in [2.05, 4.69) is 0 Å². The third-order valence-electron chi connectivity index (χ3n) is 2.43. The number of ether oxygens (including phenoxy) is 1. The summed E-state index contributed by atoms with van der Waals surface area (Å²) in [5.41, 5.74) is 3.73. The lowest BCUT2D eigenvalue weighted by Crippen LogP contribution is -2.14. The molecule has 4 nitrogen and oxygen atoms in total. The summed E-state index contributed by atoms with van der Waals surface area (Å²) >= 11 is 0. The average Bonchev–Trinajstić information content (AvgIpc) is 2.33. The number of methoxy groups -OCH3 is 1. The summed E-state index contributed by atoms with van der Waals surface area (Å²) in [5.74, 6) is -1.29. The van der Waals surface area contributed by atoms with Crippen LogP contribution < -0.4 is 10.5 Å². The minimum atomic E-state index is -4.55. The van der Waals surface area contributed by atoms with Gasteiger partial charge in [0.25, 0.3) is 0 Å². The van der Waals surface area contributed by atoms with Gasteiger partial charge >= 0.3 is 6.18 Å². The summed E-state index contributed by atoms with van der Waals surface area (Å²) in [6, 6.07) is 2.60. The van der Waals surface area contributed by atoms with Gasteiger partial charge in [0.05, 0.1) is 18.2 Å². The fourth-order valence-electron chi connectivity index (χ4n) is 1.47. The minimum absolute atomic E-state index is 0.0301. The van der Waals surface area contributed by atoms with Crippen molar-refractivity contribution in [3.63, 3.8) is 0 Å². The van der Waals surface area contributed by atoms with E-state index in [1.165, 1.54) is 7.11 Å². The molecule has 7 heteroatoms. The summed E-state index contributed by atoms with van der Waals surface area (Å²) in [4.78, 5) is 22.3. The summed E-state index contributed by atoms with van der Waals surface area (Å²) in [5, 5.41) is 0. The number of carbonyl (C=O) groups is 2. The Hall–Kier alpha value is -2.05. The van der Waals surface area contributed by atoms with Gasteiger partial charge in [-0.15, -0.1) is 0 Å². The Morgan fingerprint density at radius 1 is 1.26 bits per heavy atom. The third-order valence-corrected chi connectivity index (χ3v) is 2.43. The van der Waals surface area contributed by atoms with Gasteiger partial charge in [0.2, 0.25) is 5.91 Å². The lowest BCUT2D eigenvalue weighted by Gasteiger charge is -2.11. The molecule has 0 saturated carbocycles. The van der Waals surface area contributed by atoms with Crippen LogP contribution in [-0.2, 0) is 11.0 Å². The van der Waals surface area contributed by atoms with Crippen molar-refractivity contribution >= 4 is 11.7 Å². The molecule has 1 amide bonds. The van der Waals surface area contributed by atoms with E-state index in [0.717, 1.165) is 12.1 Å². The molecule has 1 rings (SSSR count). The molecule has 0 spiro atoms. The molecule has 0 atom stereocenters. The second-order valence-electron chi connectivity index (χ2n) is 3.80. The SMILES string of the molecule is COc1ccc(C(F)(F)F)cc1C(=O)CCC(N)=O. The number of primary amides is 1. The third kappa shape index (κ3) is 3.97. The number of amides is 1. The first-order valence-electron chi connectivity index (χ1n) is 5.32. The number of nitrogens with two attached hydrogens (primary N) is 1. The van der Waals surface area contributed by atoms with E-state index in [9.17, 15) is 22.8 Å². The van der Waals surface area contributed by atoms with Crippen LogP contribution in [0, 0.1) is 0 Å².